The molecule has 1 unspecified atom stereocenters. The summed E-state index contributed by atoms with van der Waals surface area (Å²) in [6.45, 7) is 1.72. The van der Waals surface area contributed by atoms with Crippen LogP contribution < -0.4 is 5.32 Å². The van der Waals surface area contributed by atoms with E-state index in [2.05, 4.69) is 15.3 Å². The molecular weight excluding hydrogens is 547 g/mol. The normalized spacial score (nSPS) is 21.3. The smallest absolute Gasteiger partial charge is 0.338 e. The lowest BCUT2D eigenvalue weighted by Gasteiger charge is -2.34. The van der Waals surface area contributed by atoms with Crippen molar-refractivity contribution >= 4 is 40.7 Å². The molecular formula is C27H26ClFN4O5S. The summed E-state index contributed by atoms with van der Waals surface area (Å²) < 4.78 is 24.9. The summed E-state index contributed by atoms with van der Waals surface area (Å²) in [6, 6.07) is 3.21. The monoisotopic (exact) mass is 572 g/mol. The Hall–Kier alpha value is -3.57. The molecule has 1 fully saturated rings. The molecule has 2 aromatic heterocycles. The van der Waals surface area contributed by atoms with E-state index in [1.165, 1.54) is 36.6 Å². The number of rotatable bonds is 7. The number of methoxy groups -OCH3 is 1. The molecule has 5 rings (SSSR count). The lowest BCUT2D eigenvalue weighted by molar-refractivity contribution is -0.137. The van der Waals surface area contributed by atoms with Crippen LogP contribution in [-0.2, 0) is 20.7 Å². The number of halogens is 2. The molecule has 0 saturated heterocycles. The summed E-state index contributed by atoms with van der Waals surface area (Å²) >= 11 is 7.85. The second-order valence-corrected chi connectivity index (χ2v) is 10.8. The van der Waals surface area contributed by atoms with Gasteiger partial charge in [0.15, 0.2) is 16.7 Å². The first-order valence-corrected chi connectivity index (χ1v) is 13.7. The van der Waals surface area contributed by atoms with E-state index in [-0.39, 0.29) is 23.3 Å². The predicted octanol–water partition coefficient (Wildman–Crippen LogP) is 5.35. The van der Waals surface area contributed by atoms with Crippen LogP contribution in [0.4, 0.5) is 4.39 Å². The third kappa shape index (κ3) is 5.60. The van der Waals surface area contributed by atoms with E-state index in [0.717, 1.165) is 12.8 Å². The topological polar surface area (TPSA) is 127 Å². The fraction of sp³-hybridized carbons (Fsp3) is 0.370. The SMILES string of the molecule is COC(=O)C1=C(C2CCC(c3nc(CC(=O)O)c(C)o3)CC2)NC(c2nccs2)=NC1c1ccc(F)cc1Cl. The van der Waals surface area contributed by atoms with Crippen molar-refractivity contribution in [2.24, 2.45) is 10.9 Å². The first-order valence-electron chi connectivity index (χ1n) is 12.4. The Bertz CT molecular complexity index is 1460. The van der Waals surface area contributed by atoms with Crippen LogP contribution in [0.2, 0.25) is 5.02 Å². The number of oxazole rings is 1. The van der Waals surface area contributed by atoms with Crippen LogP contribution >= 0.6 is 22.9 Å². The number of carbonyl (C=O) groups excluding carboxylic acids is 1. The van der Waals surface area contributed by atoms with Gasteiger partial charge in [0.25, 0.3) is 0 Å². The van der Waals surface area contributed by atoms with Gasteiger partial charge in [0.2, 0.25) is 0 Å². The standard InChI is InChI=1S/C27H26ClFN4O5S/c1-13-19(12-20(34)35)31-25(38-13)15-5-3-14(4-6-15)22-21(27(36)37-2)23(17-8-7-16(29)11-18(17)28)33-24(32-22)26-30-9-10-39-26/h7-11,14-15,23H,3-6,12H2,1-2H3,(H,32,33)(H,34,35). The van der Waals surface area contributed by atoms with Gasteiger partial charge in [0.05, 0.1) is 24.8 Å². The minimum Gasteiger partial charge on any atom is -0.481 e. The van der Waals surface area contributed by atoms with Crippen molar-refractivity contribution in [2.75, 3.05) is 7.11 Å². The van der Waals surface area contributed by atoms with Gasteiger partial charge in [-0.15, -0.1) is 11.3 Å². The van der Waals surface area contributed by atoms with Gasteiger partial charge in [-0.25, -0.2) is 19.2 Å². The number of aliphatic carboxylic acids is 1. The van der Waals surface area contributed by atoms with Crippen LogP contribution in [0.1, 0.15) is 65.6 Å². The molecule has 1 saturated carbocycles. The third-order valence-electron chi connectivity index (χ3n) is 7.08. The highest BCUT2D eigenvalue weighted by Gasteiger charge is 2.38. The van der Waals surface area contributed by atoms with Crippen molar-refractivity contribution in [1.82, 2.24) is 15.3 Å². The van der Waals surface area contributed by atoms with Crippen molar-refractivity contribution in [3.8, 4) is 0 Å². The zero-order valence-electron chi connectivity index (χ0n) is 21.2. The first kappa shape index (κ1) is 27.0. The molecule has 1 atom stereocenters. The second kappa shape index (κ2) is 11.3. The molecule has 2 N–H and O–H groups in total. The second-order valence-electron chi connectivity index (χ2n) is 9.50. The van der Waals surface area contributed by atoms with E-state index in [9.17, 15) is 14.0 Å². The molecule has 1 aromatic carbocycles. The molecule has 1 aliphatic carbocycles. The van der Waals surface area contributed by atoms with E-state index in [1.54, 1.807) is 13.1 Å². The van der Waals surface area contributed by atoms with Gasteiger partial charge >= 0.3 is 11.9 Å². The molecule has 12 heteroatoms. The largest absolute Gasteiger partial charge is 0.481 e. The van der Waals surface area contributed by atoms with Crippen molar-refractivity contribution in [1.29, 1.82) is 0 Å². The number of hydrogen-bond acceptors (Lipinski definition) is 9. The fourth-order valence-electron chi connectivity index (χ4n) is 5.18. The minimum atomic E-state index is -0.958. The van der Waals surface area contributed by atoms with E-state index < -0.39 is 23.8 Å². The summed E-state index contributed by atoms with van der Waals surface area (Å²) in [7, 11) is 1.31. The molecule has 0 amide bonds. The molecule has 0 bridgehead atoms. The molecule has 39 heavy (non-hydrogen) atoms. The maximum Gasteiger partial charge on any atom is 0.338 e. The molecule has 3 heterocycles. The molecule has 2 aliphatic rings. The van der Waals surface area contributed by atoms with Crippen LogP contribution in [0.25, 0.3) is 0 Å². The van der Waals surface area contributed by atoms with E-state index >= 15 is 0 Å². The number of carboxylic acids is 1. The minimum absolute atomic E-state index is 0.0303. The Morgan fingerprint density at radius 2 is 2.00 bits per heavy atom. The summed E-state index contributed by atoms with van der Waals surface area (Å²) in [6.07, 6.45) is 4.35. The van der Waals surface area contributed by atoms with E-state index in [1.807, 2.05) is 5.38 Å². The van der Waals surface area contributed by atoms with Gasteiger partial charge in [-0.05, 0) is 50.7 Å². The van der Waals surface area contributed by atoms with Gasteiger partial charge in [-0.3, -0.25) is 9.79 Å². The number of carboxylic acid groups (broad SMARTS) is 1. The van der Waals surface area contributed by atoms with Gasteiger partial charge in [-0.1, -0.05) is 17.7 Å². The zero-order chi connectivity index (χ0) is 27.7. The van der Waals surface area contributed by atoms with Crippen molar-refractivity contribution in [3.05, 3.63) is 79.8 Å². The average Bonchev–Trinajstić information content (AvgIpc) is 3.58. The van der Waals surface area contributed by atoms with Crippen molar-refractivity contribution in [2.45, 2.75) is 51.0 Å². The maximum atomic E-state index is 13.9. The van der Waals surface area contributed by atoms with Crippen molar-refractivity contribution < 1.29 is 28.2 Å². The number of aliphatic imine (C=N–C) groups is 1. The van der Waals surface area contributed by atoms with Crippen LogP contribution in [-0.4, -0.2) is 40.0 Å². The predicted molar refractivity (Wildman–Crippen MR) is 142 cm³/mol. The van der Waals surface area contributed by atoms with Crippen LogP contribution in [0, 0.1) is 18.7 Å². The lowest BCUT2D eigenvalue weighted by atomic mass is 9.78. The van der Waals surface area contributed by atoms with Crippen molar-refractivity contribution in [3.63, 3.8) is 0 Å². The highest BCUT2D eigenvalue weighted by molar-refractivity contribution is 7.11. The summed E-state index contributed by atoms with van der Waals surface area (Å²) in [4.78, 5) is 38.0. The number of nitrogens with zero attached hydrogens (tertiary/aromatic N) is 3. The fourth-order valence-corrected chi connectivity index (χ4v) is 6.04. The maximum absolute atomic E-state index is 13.9. The molecule has 0 spiro atoms. The number of amidine groups is 1. The third-order valence-corrected chi connectivity index (χ3v) is 8.19. The molecule has 3 aromatic rings. The average molecular weight is 573 g/mol. The number of benzene rings is 1. The number of ether oxygens (including phenoxy) is 1. The van der Waals surface area contributed by atoms with Gasteiger partial charge in [0, 0.05) is 33.8 Å². The van der Waals surface area contributed by atoms with Gasteiger partial charge < -0.3 is 19.6 Å². The summed E-state index contributed by atoms with van der Waals surface area (Å²) in [5, 5.41) is 15.1. The van der Waals surface area contributed by atoms with E-state index in [0.29, 0.717) is 57.9 Å². The highest BCUT2D eigenvalue weighted by atomic mass is 35.5. The summed E-state index contributed by atoms with van der Waals surface area (Å²) in [5.74, 6) is -0.447. The van der Waals surface area contributed by atoms with Crippen LogP contribution in [0.5, 0.6) is 0 Å². The molecule has 0 radical (unpaired) electrons. The number of esters is 1. The Balaban J connectivity index is 1.48. The Morgan fingerprint density at radius 1 is 1.26 bits per heavy atom. The lowest BCUT2D eigenvalue weighted by Crippen LogP contribution is -2.37. The van der Waals surface area contributed by atoms with E-state index in [4.69, 9.17) is 30.9 Å². The van der Waals surface area contributed by atoms with Gasteiger partial charge in [0.1, 0.15) is 17.6 Å². The highest BCUT2D eigenvalue weighted by Crippen LogP contribution is 2.43. The molecule has 204 valence electrons. The first-order chi connectivity index (χ1) is 18.7. The number of aryl methyl sites for hydroxylation is 1. The Kier molecular flexibility index (Phi) is 7.81. The van der Waals surface area contributed by atoms with Gasteiger partial charge in [-0.2, -0.15) is 0 Å². The quantitative estimate of drug-likeness (QED) is 0.363. The number of nitrogens with one attached hydrogen (secondary N) is 1. The Labute approximate surface area is 232 Å². The Morgan fingerprint density at radius 3 is 2.64 bits per heavy atom. The number of thiazole rings is 1. The number of carbonyl (C=O) groups is 2. The van der Waals surface area contributed by atoms with Crippen LogP contribution in [0.3, 0.4) is 0 Å². The van der Waals surface area contributed by atoms with Crippen LogP contribution in [0.15, 0.2) is 50.5 Å². The summed E-state index contributed by atoms with van der Waals surface area (Å²) in [5.41, 5.74) is 1.93. The zero-order valence-corrected chi connectivity index (χ0v) is 22.8. The molecule has 1 aliphatic heterocycles. The molecule has 9 nitrogen and oxygen atoms in total. The number of aromatic nitrogens is 2. The number of hydrogen-bond donors (Lipinski definition) is 2. The number of allylic oxidation sites excluding steroid dienone is 1.